The molecule has 134 valence electrons. The largest absolute Gasteiger partial charge is 0.476 e. The van der Waals surface area contributed by atoms with Gasteiger partial charge in [-0.15, -0.1) is 0 Å². The van der Waals surface area contributed by atoms with Gasteiger partial charge in [-0.1, -0.05) is 54.6 Å². The third-order valence-electron chi connectivity index (χ3n) is 4.52. The molecule has 1 aromatic heterocycles. The summed E-state index contributed by atoms with van der Waals surface area (Å²) in [5.41, 5.74) is 2.64. The van der Waals surface area contributed by atoms with Crippen molar-refractivity contribution in [2.75, 3.05) is 5.32 Å². The fourth-order valence-electron chi connectivity index (χ4n) is 3.15. The first kappa shape index (κ1) is 16.9. The zero-order valence-electron chi connectivity index (χ0n) is 15.0. The highest BCUT2D eigenvalue weighted by Gasteiger charge is 2.23. The van der Waals surface area contributed by atoms with E-state index in [1.54, 1.807) is 0 Å². The lowest BCUT2D eigenvalue weighted by molar-refractivity contribution is -0.123. The quantitative estimate of drug-likeness (QED) is 0.550. The number of hydrogen-bond acceptors (Lipinski definition) is 2. The number of anilines is 1. The van der Waals surface area contributed by atoms with Gasteiger partial charge in [0.2, 0.25) is 6.10 Å². The predicted molar refractivity (Wildman–Crippen MR) is 108 cm³/mol. The van der Waals surface area contributed by atoms with Crippen LogP contribution < -0.4 is 10.1 Å². The zero-order chi connectivity index (χ0) is 18.6. The summed E-state index contributed by atoms with van der Waals surface area (Å²) < 4.78 is 8.06. The van der Waals surface area contributed by atoms with Crippen LogP contribution in [0.2, 0.25) is 0 Å². The zero-order valence-corrected chi connectivity index (χ0v) is 15.0. The molecule has 1 heterocycles. The van der Waals surface area contributed by atoms with E-state index in [2.05, 4.69) is 5.32 Å². The Morgan fingerprint density at radius 3 is 2.33 bits per heavy atom. The predicted octanol–water partition coefficient (Wildman–Crippen LogP) is 4.94. The van der Waals surface area contributed by atoms with Crippen molar-refractivity contribution in [1.29, 1.82) is 0 Å². The fourth-order valence-corrected chi connectivity index (χ4v) is 3.15. The van der Waals surface area contributed by atoms with Crippen LogP contribution in [0.5, 0.6) is 5.75 Å². The second-order valence-electron chi connectivity index (χ2n) is 6.38. The first-order valence-electron chi connectivity index (χ1n) is 8.84. The van der Waals surface area contributed by atoms with E-state index in [9.17, 15) is 4.79 Å². The highest BCUT2D eigenvalue weighted by molar-refractivity contribution is 6.03. The molecule has 1 amide bonds. The number of benzene rings is 3. The number of para-hydroxylation sites is 1. The van der Waals surface area contributed by atoms with Crippen LogP contribution in [0.25, 0.3) is 10.9 Å². The third kappa shape index (κ3) is 3.55. The first-order chi connectivity index (χ1) is 13.2. The molecule has 0 bridgehead atoms. The number of amides is 1. The number of carbonyl (C=O) groups is 1. The first-order valence-corrected chi connectivity index (χ1v) is 8.84. The lowest BCUT2D eigenvalue weighted by Gasteiger charge is -2.19. The molecule has 0 fully saturated rings. The van der Waals surface area contributed by atoms with E-state index in [1.165, 1.54) is 0 Å². The van der Waals surface area contributed by atoms with Crippen LogP contribution in [0, 0.1) is 0 Å². The molecule has 0 aliphatic carbocycles. The molecule has 0 saturated carbocycles. The molecule has 27 heavy (non-hydrogen) atoms. The van der Waals surface area contributed by atoms with Crippen molar-refractivity contribution in [1.82, 2.24) is 4.57 Å². The monoisotopic (exact) mass is 356 g/mol. The number of carbonyl (C=O) groups excluding carboxylic acids is 1. The van der Waals surface area contributed by atoms with E-state index in [0.717, 1.165) is 22.2 Å². The summed E-state index contributed by atoms with van der Waals surface area (Å²) in [6.45, 7) is 0. The molecule has 1 unspecified atom stereocenters. The van der Waals surface area contributed by atoms with Gasteiger partial charge in [0.25, 0.3) is 5.91 Å². The van der Waals surface area contributed by atoms with E-state index >= 15 is 0 Å². The molecule has 0 aliphatic rings. The van der Waals surface area contributed by atoms with E-state index in [1.807, 2.05) is 103 Å². The second-order valence-corrected chi connectivity index (χ2v) is 6.38. The van der Waals surface area contributed by atoms with Crippen molar-refractivity contribution in [3.8, 4) is 5.75 Å². The van der Waals surface area contributed by atoms with Gasteiger partial charge in [0.1, 0.15) is 5.75 Å². The van der Waals surface area contributed by atoms with E-state index < -0.39 is 6.10 Å². The van der Waals surface area contributed by atoms with Crippen LogP contribution in [-0.4, -0.2) is 10.5 Å². The lowest BCUT2D eigenvalue weighted by Crippen LogP contribution is -2.25. The minimum Gasteiger partial charge on any atom is -0.476 e. The van der Waals surface area contributed by atoms with Gasteiger partial charge >= 0.3 is 0 Å². The fraction of sp³-hybridized carbons (Fsp3) is 0.0870. The van der Waals surface area contributed by atoms with Gasteiger partial charge in [0, 0.05) is 29.7 Å². The Kier molecular flexibility index (Phi) is 4.62. The van der Waals surface area contributed by atoms with Crippen LogP contribution in [0.15, 0.2) is 91.1 Å². The molecule has 0 saturated heterocycles. The van der Waals surface area contributed by atoms with Gasteiger partial charge in [-0.3, -0.25) is 4.79 Å². The lowest BCUT2D eigenvalue weighted by atomic mass is 10.1. The number of nitrogens with one attached hydrogen (secondary N) is 1. The molecule has 3 aromatic carbocycles. The average Bonchev–Trinajstić information content (AvgIpc) is 3.10. The van der Waals surface area contributed by atoms with Crippen molar-refractivity contribution >= 4 is 22.5 Å². The average molecular weight is 356 g/mol. The van der Waals surface area contributed by atoms with Crippen molar-refractivity contribution in [3.05, 3.63) is 96.7 Å². The molecular weight excluding hydrogens is 336 g/mol. The Morgan fingerprint density at radius 1 is 0.889 bits per heavy atom. The van der Waals surface area contributed by atoms with Gasteiger partial charge in [0.05, 0.1) is 5.69 Å². The molecular formula is C23H20N2O2. The van der Waals surface area contributed by atoms with Crippen LogP contribution in [0.1, 0.15) is 11.7 Å². The van der Waals surface area contributed by atoms with Crippen LogP contribution in [0.3, 0.4) is 0 Å². The van der Waals surface area contributed by atoms with Crippen LogP contribution in [-0.2, 0) is 11.8 Å². The van der Waals surface area contributed by atoms with Crippen molar-refractivity contribution in [3.63, 3.8) is 0 Å². The van der Waals surface area contributed by atoms with E-state index in [0.29, 0.717) is 5.75 Å². The number of nitrogens with zero attached hydrogens (tertiary/aromatic N) is 1. The number of ether oxygens (including phenoxy) is 1. The SMILES string of the molecule is Cn1ccc2c(NC(=O)C(Oc3ccccc3)c3ccccc3)cccc21. The van der Waals surface area contributed by atoms with Gasteiger partial charge in [-0.2, -0.15) is 0 Å². The minimum absolute atomic E-state index is 0.207. The number of fused-ring (bicyclic) bond motifs is 1. The summed E-state index contributed by atoms with van der Waals surface area (Å²) in [5.74, 6) is 0.445. The highest BCUT2D eigenvalue weighted by Crippen LogP contribution is 2.27. The van der Waals surface area contributed by atoms with Gasteiger partial charge in [0.15, 0.2) is 0 Å². The third-order valence-corrected chi connectivity index (χ3v) is 4.52. The van der Waals surface area contributed by atoms with Crippen molar-refractivity contribution in [2.24, 2.45) is 7.05 Å². The standard InChI is InChI=1S/C23H20N2O2/c1-25-16-15-19-20(13-8-14-21(19)25)24-23(26)22(17-9-4-2-5-10-17)27-18-11-6-3-7-12-18/h2-16,22H,1H3,(H,24,26). The molecule has 1 N–H and O–H groups in total. The van der Waals surface area contributed by atoms with Crippen molar-refractivity contribution < 1.29 is 9.53 Å². The summed E-state index contributed by atoms with van der Waals surface area (Å²) in [6.07, 6.45) is 1.24. The maximum absolute atomic E-state index is 13.1. The van der Waals surface area contributed by atoms with Crippen LogP contribution >= 0.6 is 0 Å². The molecule has 4 aromatic rings. The topological polar surface area (TPSA) is 43.3 Å². The summed E-state index contributed by atoms with van der Waals surface area (Å²) in [5, 5.41) is 4.04. The molecule has 4 rings (SSSR count). The normalized spacial score (nSPS) is 11.9. The second kappa shape index (κ2) is 7.38. The van der Waals surface area contributed by atoms with E-state index in [-0.39, 0.29) is 5.91 Å². The molecule has 0 radical (unpaired) electrons. The Balaban J connectivity index is 1.66. The maximum Gasteiger partial charge on any atom is 0.270 e. The number of aryl methyl sites for hydroxylation is 1. The molecule has 4 heteroatoms. The van der Waals surface area contributed by atoms with E-state index in [4.69, 9.17) is 4.74 Å². The summed E-state index contributed by atoms with van der Waals surface area (Å²) in [6, 6.07) is 26.8. The minimum atomic E-state index is -0.743. The van der Waals surface area contributed by atoms with Crippen molar-refractivity contribution in [2.45, 2.75) is 6.10 Å². The number of aromatic nitrogens is 1. The summed E-state index contributed by atoms with van der Waals surface area (Å²) >= 11 is 0. The van der Waals surface area contributed by atoms with Crippen LogP contribution in [0.4, 0.5) is 5.69 Å². The maximum atomic E-state index is 13.1. The van der Waals surface area contributed by atoms with Gasteiger partial charge in [-0.05, 0) is 30.3 Å². The Hall–Kier alpha value is -3.53. The Bertz CT molecular complexity index is 1060. The molecule has 4 nitrogen and oxygen atoms in total. The Labute approximate surface area is 158 Å². The van der Waals surface area contributed by atoms with Gasteiger partial charge in [-0.25, -0.2) is 0 Å². The number of hydrogen-bond donors (Lipinski definition) is 1. The summed E-state index contributed by atoms with van der Waals surface area (Å²) in [7, 11) is 1.99. The number of rotatable bonds is 5. The molecule has 1 atom stereocenters. The molecule has 0 aliphatic heterocycles. The Morgan fingerprint density at radius 2 is 1.59 bits per heavy atom. The summed E-state index contributed by atoms with van der Waals surface area (Å²) in [4.78, 5) is 13.1. The van der Waals surface area contributed by atoms with Gasteiger partial charge < -0.3 is 14.6 Å². The smallest absolute Gasteiger partial charge is 0.270 e. The highest BCUT2D eigenvalue weighted by atomic mass is 16.5. The molecule has 0 spiro atoms.